The van der Waals surface area contributed by atoms with Crippen LogP contribution in [0.4, 0.5) is 4.79 Å². The van der Waals surface area contributed by atoms with Crippen LogP contribution in [0.1, 0.15) is 51.0 Å². The summed E-state index contributed by atoms with van der Waals surface area (Å²) < 4.78 is 8.72. The lowest BCUT2D eigenvalue weighted by molar-refractivity contribution is 0.0165. The van der Waals surface area contributed by atoms with Gasteiger partial charge in [0.25, 0.3) is 0 Å². The maximum atomic E-state index is 12.5. The molecule has 1 atom stereocenters. The number of piperidine rings is 1. The number of hydrogen-bond acceptors (Lipinski definition) is 7. The number of aromatic hydroxyl groups is 1. The van der Waals surface area contributed by atoms with Gasteiger partial charge in [-0.15, -0.1) is 5.10 Å². The Morgan fingerprint density at radius 2 is 2.13 bits per heavy atom. The van der Waals surface area contributed by atoms with Crippen molar-refractivity contribution >= 4 is 11.7 Å². The highest BCUT2D eigenvalue weighted by molar-refractivity contribution is 5.69. The Morgan fingerprint density at radius 3 is 2.84 bits per heavy atom. The minimum Gasteiger partial charge on any atom is -0.494 e. The number of aromatic nitrogens is 5. The number of nitrogens with zero attached hydrogens (tertiary/aromatic N) is 7. The zero-order valence-corrected chi connectivity index (χ0v) is 18.0. The monoisotopic (exact) mass is 423 g/mol. The Balaban J connectivity index is 1.61. The van der Waals surface area contributed by atoms with E-state index in [-0.39, 0.29) is 23.7 Å². The molecule has 4 heterocycles. The van der Waals surface area contributed by atoms with E-state index in [0.29, 0.717) is 30.0 Å². The molecule has 0 radical (unpaired) electrons. The van der Waals surface area contributed by atoms with Crippen molar-refractivity contribution in [2.75, 3.05) is 13.1 Å². The van der Waals surface area contributed by atoms with E-state index in [1.807, 2.05) is 38.4 Å². The molecular weight excluding hydrogens is 398 g/mol. The van der Waals surface area contributed by atoms with Crippen LogP contribution in [0, 0.1) is 18.3 Å². The number of rotatable bonds is 2. The fourth-order valence-corrected chi connectivity index (χ4v) is 3.91. The van der Waals surface area contributed by atoms with Gasteiger partial charge < -0.3 is 14.7 Å². The van der Waals surface area contributed by atoms with E-state index in [1.54, 1.807) is 17.0 Å². The molecule has 10 heteroatoms. The van der Waals surface area contributed by atoms with Crippen molar-refractivity contribution in [2.45, 2.75) is 52.2 Å². The minimum atomic E-state index is -0.542. The van der Waals surface area contributed by atoms with Crippen LogP contribution in [0.3, 0.4) is 0 Å². The van der Waals surface area contributed by atoms with Crippen molar-refractivity contribution < 1.29 is 14.6 Å². The molecular formula is C21H25N7O3. The number of pyridine rings is 1. The summed E-state index contributed by atoms with van der Waals surface area (Å²) in [4.78, 5) is 18.4. The maximum Gasteiger partial charge on any atom is 0.410 e. The van der Waals surface area contributed by atoms with Crippen molar-refractivity contribution in [1.29, 1.82) is 5.26 Å². The number of carbonyl (C=O) groups is 1. The molecule has 1 aliphatic rings. The Kier molecular flexibility index (Phi) is 5.05. The van der Waals surface area contributed by atoms with Gasteiger partial charge in [0.15, 0.2) is 5.88 Å². The minimum absolute atomic E-state index is 0.0172. The van der Waals surface area contributed by atoms with Gasteiger partial charge in [-0.05, 0) is 46.6 Å². The summed E-state index contributed by atoms with van der Waals surface area (Å²) in [6, 6.07) is 5.29. The van der Waals surface area contributed by atoms with Crippen LogP contribution in [0.5, 0.6) is 5.88 Å². The Morgan fingerprint density at radius 1 is 1.35 bits per heavy atom. The predicted molar refractivity (Wildman–Crippen MR) is 111 cm³/mol. The second kappa shape index (κ2) is 7.58. The zero-order valence-electron chi connectivity index (χ0n) is 18.0. The van der Waals surface area contributed by atoms with Crippen LogP contribution in [0.15, 0.2) is 18.3 Å². The molecule has 0 spiro atoms. The van der Waals surface area contributed by atoms with Crippen LogP contribution in [0.25, 0.3) is 16.9 Å². The summed E-state index contributed by atoms with van der Waals surface area (Å²) >= 11 is 0. The van der Waals surface area contributed by atoms with E-state index < -0.39 is 5.60 Å². The second-order valence-electron chi connectivity index (χ2n) is 8.74. The first-order chi connectivity index (χ1) is 14.7. The molecule has 0 bridgehead atoms. The summed E-state index contributed by atoms with van der Waals surface area (Å²) in [5.41, 5.74) is 2.27. The molecule has 1 fully saturated rings. The average molecular weight is 423 g/mol. The van der Waals surface area contributed by atoms with Crippen LogP contribution >= 0.6 is 0 Å². The van der Waals surface area contributed by atoms with Gasteiger partial charge in [0.05, 0.1) is 17.9 Å². The molecule has 10 nitrogen and oxygen atoms in total. The third-order valence-corrected chi connectivity index (χ3v) is 5.30. The zero-order chi connectivity index (χ0) is 22.3. The van der Waals surface area contributed by atoms with Gasteiger partial charge in [-0.1, -0.05) is 5.21 Å². The number of fused-ring (bicyclic) bond motifs is 1. The van der Waals surface area contributed by atoms with Crippen LogP contribution in [0.2, 0.25) is 0 Å². The highest BCUT2D eigenvalue weighted by atomic mass is 16.6. The van der Waals surface area contributed by atoms with Crippen molar-refractivity contribution in [2.24, 2.45) is 0 Å². The lowest BCUT2D eigenvalue weighted by atomic mass is 10.1. The summed E-state index contributed by atoms with van der Waals surface area (Å²) in [7, 11) is 0. The SMILES string of the molecule is Cc1c(-c2cc(O)n3c(C#N)cnc3c2)nnn1[C@@H]1CCCN(C(=O)OC(C)(C)C)C1. The summed E-state index contributed by atoms with van der Waals surface area (Å²) in [5.74, 6) is -0.0933. The number of nitriles is 1. The largest absolute Gasteiger partial charge is 0.494 e. The van der Waals surface area contributed by atoms with E-state index in [4.69, 9.17) is 10.00 Å². The molecule has 1 N–H and O–H groups in total. The summed E-state index contributed by atoms with van der Waals surface area (Å²) in [6.07, 6.45) is 2.81. The predicted octanol–water partition coefficient (Wildman–Crippen LogP) is 3.05. The molecule has 0 aliphatic carbocycles. The van der Waals surface area contributed by atoms with Gasteiger partial charge >= 0.3 is 6.09 Å². The van der Waals surface area contributed by atoms with E-state index in [1.165, 1.54) is 10.6 Å². The summed E-state index contributed by atoms with van der Waals surface area (Å²) in [6.45, 7) is 8.62. The number of amides is 1. The van der Waals surface area contributed by atoms with Crippen molar-refractivity contribution in [1.82, 2.24) is 29.3 Å². The molecule has 1 aliphatic heterocycles. The number of carbonyl (C=O) groups excluding carboxylic acids is 1. The Labute approximate surface area is 179 Å². The van der Waals surface area contributed by atoms with Crippen molar-refractivity contribution in [3.63, 3.8) is 0 Å². The second-order valence-corrected chi connectivity index (χ2v) is 8.74. The van der Waals surface area contributed by atoms with Gasteiger partial charge in [0, 0.05) is 24.7 Å². The van der Waals surface area contributed by atoms with Gasteiger partial charge in [0.1, 0.15) is 28.7 Å². The molecule has 1 amide bonds. The molecule has 1 saturated heterocycles. The normalized spacial score (nSPS) is 17.0. The van der Waals surface area contributed by atoms with Gasteiger partial charge in [-0.25, -0.2) is 14.5 Å². The smallest absolute Gasteiger partial charge is 0.410 e. The Bertz CT molecular complexity index is 1180. The highest BCUT2D eigenvalue weighted by Crippen LogP contribution is 2.30. The maximum absolute atomic E-state index is 12.5. The lowest BCUT2D eigenvalue weighted by Gasteiger charge is -2.34. The number of hydrogen-bond donors (Lipinski definition) is 1. The Hall–Kier alpha value is -3.61. The van der Waals surface area contributed by atoms with E-state index in [9.17, 15) is 9.90 Å². The van der Waals surface area contributed by atoms with Crippen LogP contribution in [-0.4, -0.2) is 59.2 Å². The first-order valence-corrected chi connectivity index (χ1v) is 10.2. The van der Waals surface area contributed by atoms with Crippen LogP contribution < -0.4 is 0 Å². The van der Waals surface area contributed by atoms with Crippen LogP contribution in [-0.2, 0) is 4.74 Å². The molecule has 31 heavy (non-hydrogen) atoms. The number of likely N-dealkylation sites (tertiary alicyclic amines) is 1. The first kappa shape index (κ1) is 20.7. The van der Waals surface area contributed by atoms with E-state index in [0.717, 1.165) is 18.5 Å². The first-order valence-electron chi connectivity index (χ1n) is 10.2. The molecule has 0 aromatic carbocycles. The number of ether oxygens (including phenoxy) is 1. The lowest BCUT2D eigenvalue weighted by Crippen LogP contribution is -2.43. The third-order valence-electron chi connectivity index (χ3n) is 5.30. The standard InChI is InChI=1S/C21H25N7O3/c1-13-19(14-8-17-23-11-16(10-22)27(17)18(29)9-14)24-25-28(13)15-6-5-7-26(12-15)20(30)31-21(2,3)4/h8-9,11,15,29H,5-7,12H2,1-4H3/t15-/m1/s1. The molecule has 0 unspecified atom stereocenters. The molecule has 0 saturated carbocycles. The highest BCUT2D eigenvalue weighted by Gasteiger charge is 2.30. The van der Waals surface area contributed by atoms with E-state index >= 15 is 0 Å². The topological polar surface area (TPSA) is 122 Å². The van der Waals surface area contributed by atoms with Crippen molar-refractivity contribution in [3.8, 4) is 23.2 Å². The average Bonchev–Trinajstić information content (AvgIpc) is 3.30. The van der Waals surface area contributed by atoms with Gasteiger partial charge in [-0.3, -0.25) is 4.40 Å². The fourth-order valence-electron chi connectivity index (χ4n) is 3.91. The van der Waals surface area contributed by atoms with Gasteiger partial charge in [-0.2, -0.15) is 5.26 Å². The van der Waals surface area contributed by atoms with Crippen molar-refractivity contribution in [3.05, 3.63) is 29.7 Å². The number of imidazole rings is 1. The quantitative estimate of drug-likeness (QED) is 0.672. The molecule has 162 valence electrons. The molecule has 3 aromatic rings. The third kappa shape index (κ3) is 3.91. The fraction of sp³-hybridized carbons (Fsp3) is 0.476. The molecule has 3 aromatic heterocycles. The summed E-state index contributed by atoms with van der Waals surface area (Å²) in [5, 5.41) is 28.2. The van der Waals surface area contributed by atoms with Gasteiger partial charge in [0.2, 0.25) is 0 Å². The van der Waals surface area contributed by atoms with E-state index in [2.05, 4.69) is 15.3 Å². The molecule has 4 rings (SSSR count).